The van der Waals surface area contributed by atoms with Gasteiger partial charge in [0.15, 0.2) is 0 Å². The number of nitrogens with zero attached hydrogens (tertiary/aromatic N) is 4. The molecule has 1 fully saturated rings. The summed E-state index contributed by atoms with van der Waals surface area (Å²) in [6.45, 7) is 4.24. The molecule has 2 aliphatic heterocycles. The Labute approximate surface area is 207 Å². The number of benzene rings is 2. The number of pyridine rings is 1. The summed E-state index contributed by atoms with van der Waals surface area (Å²) in [7, 11) is 3.92. The Hall–Kier alpha value is -2.96. The first-order valence-electron chi connectivity index (χ1n) is 12.7. The molecule has 3 aromatic rings. The molecular weight excluding hydrogens is 439 g/mol. The molecule has 6 heteroatoms. The molecule has 0 saturated carbocycles. The van der Waals surface area contributed by atoms with Crippen molar-refractivity contribution in [3.63, 3.8) is 0 Å². The molecule has 5 rings (SSSR count). The number of aromatic nitrogens is 1. The lowest BCUT2D eigenvalue weighted by atomic mass is 9.99. The van der Waals surface area contributed by atoms with Crippen LogP contribution < -0.4 is 9.80 Å². The van der Waals surface area contributed by atoms with Gasteiger partial charge in [0.05, 0.1) is 0 Å². The van der Waals surface area contributed by atoms with Crippen molar-refractivity contribution in [2.75, 3.05) is 50.1 Å². The van der Waals surface area contributed by atoms with Crippen LogP contribution in [0.5, 0.6) is 0 Å². The minimum Gasteiger partial charge on any atom is -0.384 e. The molecule has 35 heavy (non-hydrogen) atoms. The molecule has 1 saturated heterocycles. The van der Waals surface area contributed by atoms with Crippen molar-refractivity contribution in [3.8, 4) is 0 Å². The molecule has 184 valence electrons. The normalized spacial score (nSPS) is 17.4. The Balaban J connectivity index is 1.21. The highest BCUT2D eigenvalue weighted by Gasteiger charge is 2.30. The smallest absolute Gasteiger partial charge is 0.127 e. The Bertz CT molecular complexity index is 1120. The van der Waals surface area contributed by atoms with E-state index in [1.165, 1.54) is 16.8 Å². The largest absolute Gasteiger partial charge is 0.384 e. The number of hydrogen-bond donors (Lipinski definition) is 1. The van der Waals surface area contributed by atoms with Crippen LogP contribution in [-0.4, -0.2) is 61.3 Å². The van der Waals surface area contributed by atoms with Crippen molar-refractivity contribution < 1.29 is 9.50 Å². The second-order valence-electron chi connectivity index (χ2n) is 10.0. The van der Waals surface area contributed by atoms with Gasteiger partial charge in [-0.1, -0.05) is 30.3 Å². The van der Waals surface area contributed by atoms with E-state index in [2.05, 4.69) is 33.0 Å². The van der Waals surface area contributed by atoms with Gasteiger partial charge in [0.1, 0.15) is 17.7 Å². The van der Waals surface area contributed by atoms with Crippen LogP contribution in [0.1, 0.15) is 41.2 Å². The third-order valence-electron chi connectivity index (χ3n) is 7.53. The van der Waals surface area contributed by atoms with Crippen LogP contribution >= 0.6 is 0 Å². The summed E-state index contributed by atoms with van der Waals surface area (Å²) in [4.78, 5) is 11.5. The SMILES string of the molecule is CN(C)c1ccc(C(O)c2ccc3c(c2)N(C2CCN(CCc4ccc(F)cc4)CC2)CC3)cn1. The fourth-order valence-corrected chi connectivity index (χ4v) is 5.38. The number of halogens is 1. The molecule has 1 atom stereocenters. The lowest BCUT2D eigenvalue weighted by Crippen LogP contribution is -2.45. The Kier molecular flexibility index (Phi) is 7.02. The minimum absolute atomic E-state index is 0.171. The molecule has 2 aliphatic rings. The fourth-order valence-electron chi connectivity index (χ4n) is 5.38. The van der Waals surface area contributed by atoms with E-state index in [4.69, 9.17) is 0 Å². The zero-order valence-electron chi connectivity index (χ0n) is 20.7. The maximum atomic E-state index is 13.1. The van der Waals surface area contributed by atoms with Gasteiger partial charge >= 0.3 is 0 Å². The predicted molar refractivity (Wildman–Crippen MR) is 140 cm³/mol. The van der Waals surface area contributed by atoms with Crippen LogP contribution in [0, 0.1) is 5.82 Å². The lowest BCUT2D eigenvalue weighted by Gasteiger charge is -2.38. The van der Waals surface area contributed by atoms with Gasteiger partial charge in [-0.05, 0) is 66.6 Å². The summed E-state index contributed by atoms with van der Waals surface area (Å²) in [5.74, 6) is 0.708. The fraction of sp³-hybridized carbons (Fsp3) is 0.414. The number of aliphatic hydroxyl groups is 1. The van der Waals surface area contributed by atoms with Gasteiger partial charge in [0.25, 0.3) is 0 Å². The zero-order valence-corrected chi connectivity index (χ0v) is 20.7. The van der Waals surface area contributed by atoms with Crippen LogP contribution in [-0.2, 0) is 12.8 Å². The molecule has 0 spiro atoms. The maximum absolute atomic E-state index is 13.1. The quantitative estimate of drug-likeness (QED) is 0.549. The monoisotopic (exact) mass is 474 g/mol. The van der Waals surface area contributed by atoms with Crippen molar-refractivity contribution in [1.82, 2.24) is 9.88 Å². The van der Waals surface area contributed by atoms with Crippen molar-refractivity contribution in [2.45, 2.75) is 37.8 Å². The highest BCUT2D eigenvalue weighted by molar-refractivity contribution is 5.61. The molecule has 2 aromatic carbocycles. The number of aliphatic hydroxyl groups excluding tert-OH is 1. The highest BCUT2D eigenvalue weighted by atomic mass is 19.1. The van der Waals surface area contributed by atoms with Crippen LogP contribution in [0.2, 0.25) is 0 Å². The zero-order chi connectivity index (χ0) is 24.4. The molecule has 0 radical (unpaired) electrons. The third-order valence-corrected chi connectivity index (χ3v) is 7.53. The topological polar surface area (TPSA) is 42.8 Å². The summed E-state index contributed by atoms with van der Waals surface area (Å²) in [5.41, 5.74) is 5.59. The van der Waals surface area contributed by atoms with Crippen LogP contribution in [0.3, 0.4) is 0 Å². The van der Waals surface area contributed by atoms with Crippen molar-refractivity contribution >= 4 is 11.5 Å². The first kappa shape index (κ1) is 23.8. The van der Waals surface area contributed by atoms with Crippen LogP contribution in [0.25, 0.3) is 0 Å². The van der Waals surface area contributed by atoms with Gasteiger partial charge in [-0.25, -0.2) is 9.37 Å². The molecule has 1 aromatic heterocycles. The summed E-state index contributed by atoms with van der Waals surface area (Å²) in [6, 6.07) is 17.8. The molecular formula is C29H35FN4O. The van der Waals surface area contributed by atoms with E-state index in [-0.39, 0.29) is 5.82 Å². The van der Waals surface area contributed by atoms with Crippen molar-refractivity contribution in [2.24, 2.45) is 0 Å². The molecule has 0 aliphatic carbocycles. The number of fused-ring (bicyclic) bond motifs is 1. The lowest BCUT2D eigenvalue weighted by molar-refractivity contribution is 0.211. The third kappa shape index (κ3) is 5.34. The summed E-state index contributed by atoms with van der Waals surface area (Å²) in [6.07, 6.45) is 5.41. The van der Waals surface area contributed by atoms with Gasteiger partial charge in [0, 0.05) is 63.8 Å². The molecule has 0 bridgehead atoms. The molecule has 5 nitrogen and oxygen atoms in total. The highest BCUT2D eigenvalue weighted by Crippen LogP contribution is 2.36. The number of anilines is 2. The summed E-state index contributed by atoms with van der Waals surface area (Å²) < 4.78 is 13.1. The van der Waals surface area contributed by atoms with Crippen molar-refractivity contribution in [3.05, 3.63) is 88.9 Å². The van der Waals surface area contributed by atoms with Gasteiger partial charge in [0.2, 0.25) is 0 Å². The molecule has 1 N–H and O–H groups in total. The van der Waals surface area contributed by atoms with E-state index in [1.54, 1.807) is 18.3 Å². The number of piperidine rings is 1. The van der Waals surface area contributed by atoms with Gasteiger partial charge < -0.3 is 19.8 Å². The average molecular weight is 475 g/mol. The second kappa shape index (κ2) is 10.3. The molecule has 0 amide bonds. The average Bonchev–Trinajstić information content (AvgIpc) is 3.31. The molecule has 3 heterocycles. The van der Waals surface area contributed by atoms with Gasteiger partial charge in [-0.15, -0.1) is 0 Å². The van der Waals surface area contributed by atoms with Gasteiger partial charge in [-0.2, -0.15) is 0 Å². The van der Waals surface area contributed by atoms with E-state index in [0.717, 1.165) is 68.8 Å². The van der Waals surface area contributed by atoms with E-state index < -0.39 is 6.10 Å². The number of hydrogen-bond acceptors (Lipinski definition) is 5. The van der Waals surface area contributed by atoms with E-state index in [9.17, 15) is 9.50 Å². The Morgan fingerprint density at radius 3 is 2.43 bits per heavy atom. The maximum Gasteiger partial charge on any atom is 0.127 e. The van der Waals surface area contributed by atoms with E-state index in [0.29, 0.717) is 6.04 Å². The number of likely N-dealkylation sites (tertiary alicyclic amines) is 1. The Morgan fingerprint density at radius 1 is 1.00 bits per heavy atom. The number of rotatable bonds is 7. The van der Waals surface area contributed by atoms with Gasteiger partial charge in [-0.3, -0.25) is 0 Å². The van der Waals surface area contributed by atoms with E-state index >= 15 is 0 Å². The van der Waals surface area contributed by atoms with Crippen LogP contribution in [0.15, 0.2) is 60.8 Å². The summed E-state index contributed by atoms with van der Waals surface area (Å²) in [5, 5.41) is 11.1. The predicted octanol–water partition coefficient (Wildman–Crippen LogP) is 4.44. The first-order chi connectivity index (χ1) is 17.0. The second-order valence-corrected chi connectivity index (χ2v) is 10.0. The minimum atomic E-state index is -0.681. The first-order valence-corrected chi connectivity index (χ1v) is 12.7. The standard InChI is InChI=1S/C29H35FN4O/c1-32(2)28-10-7-24(20-31-28)29(35)23-6-5-22-12-18-34(27(22)19-23)26-13-16-33(17-14-26)15-11-21-3-8-25(30)9-4-21/h3-10,19-20,26,29,35H,11-18H2,1-2H3. The van der Waals surface area contributed by atoms with E-state index in [1.807, 2.05) is 43.3 Å². The van der Waals surface area contributed by atoms with Crippen LogP contribution in [0.4, 0.5) is 15.9 Å². The van der Waals surface area contributed by atoms with Crippen molar-refractivity contribution in [1.29, 1.82) is 0 Å². The summed E-state index contributed by atoms with van der Waals surface area (Å²) >= 11 is 0. The Morgan fingerprint density at radius 2 is 1.74 bits per heavy atom. The molecule has 1 unspecified atom stereocenters.